The van der Waals surface area contributed by atoms with Gasteiger partial charge in [-0.05, 0) is 6.92 Å². The van der Waals surface area contributed by atoms with Crippen molar-refractivity contribution in [1.29, 1.82) is 0 Å². The Morgan fingerprint density at radius 3 is 3.17 bits per heavy atom. The SMILES string of the molecule is Cc1[nH]c(=O)nc2c1ncn2N. The summed E-state index contributed by atoms with van der Waals surface area (Å²) in [7, 11) is 0. The first-order valence-electron chi connectivity index (χ1n) is 3.37. The number of nitrogen functional groups attached to an aromatic ring is 1. The maximum Gasteiger partial charge on any atom is 0.347 e. The third-order valence-electron chi connectivity index (χ3n) is 1.62. The zero-order chi connectivity index (χ0) is 8.72. The second-order valence-corrected chi connectivity index (χ2v) is 2.49. The lowest BCUT2D eigenvalue weighted by molar-refractivity contribution is 0.986. The fourth-order valence-electron chi connectivity index (χ4n) is 1.07. The van der Waals surface area contributed by atoms with Crippen LogP contribution in [0.3, 0.4) is 0 Å². The van der Waals surface area contributed by atoms with Crippen molar-refractivity contribution in [3.05, 3.63) is 22.5 Å². The van der Waals surface area contributed by atoms with E-state index in [0.717, 1.165) is 0 Å². The van der Waals surface area contributed by atoms with E-state index in [9.17, 15) is 4.79 Å². The average Bonchev–Trinajstić information content (AvgIpc) is 2.33. The molecule has 0 saturated heterocycles. The minimum Gasteiger partial charge on any atom is -0.336 e. The normalized spacial score (nSPS) is 10.8. The van der Waals surface area contributed by atoms with Crippen molar-refractivity contribution >= 4 is 11.2 Å². The van der Waals surface area contributed by atoms with Crippen molar-refractivity contribution in [2.75, 3.05) is 5.84 Å². The van der Waals surface area contributed by atoms with Gasteiger partial charge in [-0.1, -0.05) is 0 Å². The fourth-order valence-corrected chi connectivity index (χ4v) is 1.07. The van der Waals surface area contributed by atoms with Crippen molar-refractivity contribution in [3.8, 4) is 0 Å². The number of fused-ring (bicyclic) bond motifs is 1. The Balaban J connectivity index is 3.02. The maximum atomic E-state index is 10.9. The number of nitrogens with two attached hydrogens (primary N) is 1. The van der Waals surface area contributed by atoms with Gasteiger partial charge in [0, 0.05) is 5.69 Å². The van der Waals surface area contributed by atoms with Crippen molar-refractivity contribution in [2.45, 2.75) is 6.92 Å². The minimum atomic E-state index is -0.410. The first-order chi connectivity index (χ1) is 5.68. The van der Waals surface area contributed by atoms with Gasteiger partial charge in [0.2, 0.25) is 0 Å². The van der Waals surface area contributed by atoms with Crippen molar-refractivity contribution in [2.24, 2.45) is 0 Å². The molecule has 2 aromatic heterocycles. The lowest BCUT2D eigenvalue weighted by atomic mass is 10.4. The number of H-pyrrole nitrogens is 1. The van der Waals surface area contributed by atoms with Gasteiger partial charge in [-0.3, -0.25) is 0 Å². The third-order valence-corrected chi connectivity index (χ3v) is 1.62. The molecule has 0 amide bonds. The average molecular weight is 165 g/mol. The van der Waals surface area contributed by atoms with Crippen LogP contribution in [0, 0.1) is 6.92 Å². The van der Waals surface area contributed by atoms with E-state index in [4.69, 9.17) is 5.84 Å². The second kappa shape index (κ2) is 2.07. The Kier molecular flexibility index (Phi) is 1.18. The summed E-state index contributed by atoms with van der Waals surface area (Å²) in [6, 6.07) is 0. The predicted molar refractivity (Wildman–Crippen MR) is 43.0 cm³/mol. The van der Waals surface area contributed by atoms with E-state index in [1.54, 1.807) is 6.92 Å². The van der Waals surface area contributed by atoms with Crippen LogP contribution >= 0.6 is 0 Å². The lowest BCUT2D eigenvalue weighted by Gasteiger charge is -1.93. The molecule has 0 spiro atoms. The summed E-state index contributed by atoms with van der Waals surface area (Å²) in [5.74, 6) is 5.45. The first-order valence-corrected chi connectivity index (χ1v) is 3.37. The summed E-state index contributed by atoms with van der Waals surface area (Å²) in [5, 5.41) is 0. The highest BCUT2D eigenvalue weighted by atomic mass is 16.1. The molecule has 3 N–H and O–H groups in total. The Hall–Kier alpha value is -1.85. The first kappa shape index (κ1) is 6.84. The molecular formula is C6H7N5O. The molecule has 0 unspecified atom stereocenters. The lowest BCUT2D eigenvalue weighted by Crippen LogP contribution is -2.15. The highest BCUT2D eigenvalue weighted by molar-refractivity contribution is 5.72. The van der Waals surface area contributed by atoms with E-state index in [0.29, 0.717) is 16.9 Å². The fraction of sp³-hybridized carbons (Fsp3) is 0.167. The van der Waals surface area contributed by atoms with Gasteiger partial charge in [-0.2, -0.15) is 4.98 Å². The molecule has 6 nitrogen and oxygen atoms in total. The van der Waals surface area contributed by atoms with Crippen LogP contribution in [0.4, 0.5) is 0 Å². The number of aromatic amines is 1. The summed E-state index contributed by atoms with van der Waals surface area (Å²) in [6.45, 7) is 1.75. The summed E-state index contributed by atoms with van der Waals surface area (Å²) in [4.78, 5) is 21.0. The topological polar surface area (TPSA) is 89.6 Å². The number of rotatable bonds is 0. The van der Waals surface area contributed by atoms with E-state index in [1.807, 2.05) is 0 Å². The molecule has 0 atom stereocenters. The number of nitrogens with one attached hydrogen (secondary N) is 1. The van der Waals surface area contributed by atoms with E-state index in [1.165, 1.54) is 11.0 Å². The number of aryl methyl sites for hydroxylation is 1. The molecule has 62 valence electrons. The van der Waals surface area contributed by atoms with Gasteiger partial charge in [0.15, 0.2) is 5.65 Å². The summed E-state index contributed by atoms with van der Waals surface area (Å²) >= 11 is 0. The molecule has 12 heavy (non-hydrogen) atoms. The molecule has 0 aliphatic rings. The Morgan fingerprint density at radius 2 is 2.42 bits per heavy atom. The standard InChI is InChI=1S/C6H7N5O/c1-3-4-5(10-6(12)9-3)11(7)2-8-4/h2H,7H2,1H3,(H,9,10,12). The molecule has 0 aromatic carbocycles. The predicted octanol–water partition coefficient (Wildman–Crippen LogP) is -0.858. The van der Waals surface area contributed by atoms with Gasteiger partial charge in [0.25, 0.3) is 0 Å². The molecule has 0 aliphatic heterocycles. The maximum absolute atomic E-state index is 10.9. The number of hydrogen-bond acceptors (Lipinski definition) is 4. The third kappa shape index (κ3) is 0.777. The van der Waals surface area contributed by atoms with Crippen molar-refractivity contribution < 1.29 is 0 Å². The molecule has 2 heterocycles. The molecule has 2 aromatic rings. The van der Waals surface area contributed by atoms with Crippen LogP contribution in [0.25, 0.3) is 11.2 Å². The van der Waals surface area contributed by atoms with E-state index >= 15 is 0 Å². The van der Waals surface area contributed by atoms with Gasteiger partial charge < -0.3 is 10.8 Å². The van der Waals surface area contributed by atoms with Gasteiger partial charge in [0.05, 0.1) is 0 Å². The molecule has 0 saturated carbocycles. The van der Waals surface area contributed by atoms with Crippen LogP contribution in [-0.2, 0) is 0 Å². The largest absolute Gasteiger partial charge is 0.347 e. The summed E-state index contributed by atoms with van der Waals surface area (Å²) in [5.41, 5.74) is 1.29. The van der Waals surface area contributed by atoms with Gasteiger partial charge in [0.1, 0.15) is 11.8 Å². The van der Waals surface area contributed by atoms with Crippen LogP contribution in [0.5, 0.6) is 0 Å². The molecule has 6 heteroatoms. The number of nitrogens with zero attached hydrogens (tertiary/aromatic N) is 3. The van der Waals surface area contributed by atoms with Crippen LogP contribution in [0.2, 0.25) is 0 Å². The van der Waals surface area contributed by atoms with Crippen molar-refractivity contribution in [3.63, 3.8) is 0 Å². The molecule has 2 rings (SSSR count). The van der Waals surface area contributed by atoms with Crippen LogP contribution in [0.15, 0.2) is 11.1 Å². The molecular weight excluding hydrogens is 158 g/mol. The highest BCUT2D eigenvalue weighted by Gasteiger charge is 2.05. The highest BCUT2D eigenvalue weighted by Crippen LogP contribution is 2.06. The summed E-state index contributed by atoms with van der Waals surface area (Å²) < 4.78 is 1.22. The summed E-state index contributed by atoms with van der Waals surface area (Å²) in [6.07, 6.45) is 1.41. The monoisotopic (exact) mass is 165 g/mol. The van der Waals surface area contributed by atoms with Gasteiger partial charge in [-0.25, -0.2) is 14.5 Å². The van der Waals surface area contributed by atoms with E-state index in [2.05, 4.69) is 15.0 Å². The van der Waals surface area contributed by atoms with E-state index < -0.39 is 5.69 Å². The Labute approximate surface area is 67.0 Å². The van der Waals surface area contributed by atoms with Crippen LogP contribution < -0.4 is 11.5 Å². The number of imidazole rings is 1. The van der Waals surface area contributed by atoms with Gasteiger partial charge in [-0.15, -0.1) is 0 Å². The zero-order valence-electron chi connectivity index (χ0n) is 6.40. The molecule has 0 aliphatic carbocycles. The van der Waals surface area contributed by atoms with E-state index in [-0.39, 0.29) is 0 Å². The van der Waals surface area contributed by atoms with Crippen molar-refractivity contribution in [1.82, 2.24) is 19.6 Å². The second-order valence-electron chi connectivity index (χ2n) is 2.49. The zero-order valence-corrected chi connectivity index (χ0v) is 6.40. The van der Waals surface area contributed by atoms with Crippen LogP contribution in [-0.4, -0.2) is 19.6 Å². The van der Waals surface area contributed by atoms with Gasteiger partial charge >= 0.3 is 5.69 Å². The molecule has 0 radical (unpaired) electrons. The Morgan fingerprint density at radius 1 is 1.67 bits per heavy atom. The Bertz CT molecular complexity index is 482. The molecule has 0 fully saturated rings. The number of hydrogen-bond donors (Lipinski definition) is 2. The molecule has 0 bridgehead atoms. The van der Waals surface area contributed by atoms with Crippen LogP contribution in [0.1, 0.15) is 5.69 Å². The smallest absolute Gasteiger partial charge is 0.336 e. The minimum absolute atomic E-state index is 0.399. The quantitative estimate of drug-likeness (QED) is 0.497. The number of aromatic nitrogens is 4.